The fraction of sp³-hybridized carbons (Fsp3) is 0.124. The Morgan fingerprint density at radius 2 is 0.593 bits per heavy atom. The van der Waals surface area contributed by atoms with Crippen LogP contribution in [0.1, 0.15) is 124 Å². The van der Waals surface area contributed by atoms with Gasteiger partial charge in [0.1, 0.15) is 0 Å². The van der Waals surface area contributed by atoms with Crippen molar-refractivity contribution >= 4 is 32.7 Å². The van der Waals surface area contributed by atoms with E-state index in [1.54, 1.807) is 6.20 Å². The Hall–Kier alpha value is -12.3. The van der Waals surface area contributed by atoms with Crippen molar-refractivity contribution in [3.63, 3.8) is 0 Å². The van der Waals surface area contributed by atoms with Crippen LogP contribution in [0.15, 0.2) is 383 Å². The van der Waals surface area contributed by atoms with E-state index in [0.29, 0.717) is 0 Å². The summed E-state index contributed by atoms with van der Waals surface area (Å²) >= 11 is 0. The van der Waals surface area contributed by atoms with Gasteiger partial charge in [-0.1, -0.05) is 311 Å². The largest absolute Gasteiger partial charge is 3.00 e. The number of rotatable bonds is 7. The van der Waals surface area contributed by atoms with Gasteiger partial charge in [0.2, 0.25) is 0 Å². The Morgan fingerprint density at radius 3 is 0.935 bits per heavy atom. The van der Waals surface area contributed by atoms with Crippen LogP contribution >= 0.6 is 0 Å². The Kier molecular flexibility index (Phi) is 25.1. The van der Waals surface area contributed by atoms with E-state index in [0.717, 1.165) is 61.7 Å². The Labute approximate surface area is 763 Å². The second-order valence-electron chi connectivity index (χ2n) is 34.0. The average Bonchev–Trinajstić information content (AvgIpc) is 1.52. The predicted molar refractivity (Wildman–Crippen MR) is 493 cm³/mol. The minimum absolute atomic E-state index is 0. The van der Waals surface area contributed by atoms with Crippen molar-refractivity contribution in [3.05, 3.63) is 474 Å². The van der Waals surface area contributed by atoms with Gasteiger partial charge in [-0.2, -0.15) is 40.5 Å². The van der Waals surface area contributed by atoms with Gasteiger partial charge in [-0.05, 0) is 147 Å². The molecule has 10 heteroatoms. The molecule has 123 heavy (non-hydrogen) atoms. The molecule has 19 aromatic rings. The summed E-state index contributed by atoms with van der Waals surface area (Å²) in [5, 5.41) is 12.3. The standard InChI is InChI=1S/C28H17N2.C28H19N2.3C19H18N.3Ir/c1-4-11-24-20(8-1)21-9-2-5-12-25(21)28(24)26-13-6-3-10-22(26)23-15-14-19(18-27(23)28)30-17-7-16-29-30;1-2-9-21(10-3-1)28(22-15-17-23(18-16-22)30-20-8-19-29-30)26-13-6-4-11-24(26)25-12-5-7-14-27(25)28;3*1-19(2,3)16-11-8-15(9-12-16)18-13-10-14-6-4-5-7-17(14)20-18;;;/h1-13,15-18H;1-17,19-20H;3*4-8,10-13H,1-3H3;;;/q5*-1;;;+3. The molecule has 0 atom stereocenters. The first-order valence-corrected chi connectivity index (χ1v) is 41.2. The summed E-state index contributed by atoms with van der Waals surface area (Å²) in [5.41, 5.74) is 33.0. The van der Waals surface area contributed by atoms with Crippen LogP contribution < -0.4 is 0 Å². The normalized spacial score (nSPS) is 12.5. The molecule has 7 nitrogen and oxygen atoms in total. The van der Waals surface area contributed by atoms with Gasteiger partial charge >= 0.3 is 20.1 Å². The molecule has 0 N–H and O–H groups in total. The van der Waals surface area contributed by atoms with Crippen molar-refractivity contribution in [1.29, 1.82) is 0 Å². The summed E-state index contributed by atoms with van der Waals surface area (Å²) < 4.78 is 3.74. The molecule has 14 aromatic carbocycles. The monoisotopic (exact) mass is 2120 g/mol. The van der Waals surface area contributed by atoms with Gasteiger partial charge in [-0.15, -0.1) is 135 Å². The molecule has 0 saturated carbocycles. The number of para-hydroxylation sites is 3. The van der Waals surface area contributed by atoms with Gasteiger partial charge < -0.3 is 0 Å². The Balaban J connectivity index is 0.000000120. The summed E-state index contributed by atoms with van der Waals surface area (Å²) in [6, 6.07) is 143. The second kappa shape index (κ2) is 36.0. The van der Waals surface area contributed by atoms with Crippen LogP contribution in [-0.4, -0.2) is 34.5 Å². The zero-order valence-corrected chi connectivity index (χ0v) is 77.2. The van der Waals surface area contributed by atoms with Gasteiger partial charge in [-0.3, -0.25) is 24.3 Å². The van der Waals surface area contributed by atoms with Crippen molar-refractivity contribution < 1.29 is 60.3 Å². The number of hydrogen-bond donors (Lipinski definition) is 0. The van der Waals surface area contributed by atoms with Crippen LogP contribution in [0.3, 0.4) is 0 Å². The first-order valence-electron chi connectivity index (χ1n) is 41.2. The number of fused-ring (bicyclic) bond motifs is 16. The van der Waals surface area contributed by atoms with Crippen molar-refractivity contribution in [2.75, 3.05) is 0 Å². The van der Waals surface area contributed by atoms with Gasteiger partial charge in [-0.25, -0.2) is 0 Å². The van der Waals surface area contributed by atoms with E-state index in [2.05, 4.69) is 394 Å². The SMILES string of the molecule is CC(C)(C)c1c[c-]c(-c2ccc3ccccc3n2)cc1.CC(C)(C)c1c[c-]c(-c2ccc3ccccc3n2)cc1.CC(C)(C)c1c[c-]c(-c2ccc3ccccc3n2)cc1.[Ir+3].[Ir].[Ir].[c-]1cc(C2(c3ccccc3)c3ccccc3-c3ccccc32)ccc1-n1cccn1.[c-]1cc2c(cc1-n1cccn1)C1(c3ccccc3-c3ccccc31)c1ccccc1-2. The molecule has 3 aliphatic rings. The third-order valence-electron chi connectivity index (χ3n) is 23.5. The van der Waals surface area contributed by atoms with E-state index < -0.39 is 0 Å². The zero-order chi connectivity index (χ0) is 82.2. The van der Waals surface area contributed by atoms with Crippen molar-refractivity contribution in [2.24, 2.45) is 0 Å². The number of aromatic nitrogens is 7. The van der Waals surface area contributed by atoms with E-state index in [9.17, 15) is 0 Å². The number of nitrogens with zero attached hydrogens (tertiary/aromatic N) is 7. The van der Waals surface area contributed by atoms with Gasteiger partial charge in [0.15, 0.2) is 0 Å². The fourth-order valence-corrected chi connectivity index (χ4v) is 17.3. The van der Waals surface area contributed by atoms with Gasteiger partial charge in [0, 0.05) is 75.8 Å². The molecule has 22 rings (SSSR count). The van der Waals surface area contributed by atoms with E-state index >= 15 is 0 Å². The topological polar surface area (TPSA) is 74.3 Å². The molecule has 0 aliphatic heterocycles. The number of pyridine rings is 3. The minimum atomic E-state index is -0.367. The molecule has 3 aliphatic carbocycles. The molecule has 5 heterocycles. The molecule has 0 unspecified atom stereocenters. The minimum Gasteiger partial charge on any atom is -0.296 e. The summed E-state index contributed by atoms with van der Waals surface area (Å²) in [6.45, 7) is 19.9. The molecule has 0 bridgehead atoms. The van der Waals surface area contributed by atoms with Crippen LogP contribution in [0.4, 0.5) is 0 Å². The first-order chi connectivity index (χ1) is 58.4. The molecule has 1 spiro atoms. The maximum atomic E-state index is 4.71. The molecule has 5 aromatic heterocycles. The maximum absolute atomic E-state index is 4.71. The third kappa shape index (κ3) is 16.7. The van der Waals surface area contributed by atoms with Crippen LogP contribution in [0, 0.1) is 30.3 Å². The molecule has 606 valence electrons. The van der Waals surface area contributed by atoms with E-state index in [1.807, 2.05) is 94.7 Å². The van der Waals surface area contributed by atoms with Crippen LogP contribution in [0.2, 0.25) is 0 Å². The summed E-state index contributed by atoms with van der Waals surface area (Å²) in [6.07, 6.45) is 7.52. The Morgan fingerprint density at radius 1 is 0.260 bits per heavy atom. The van der Waals surface area contributed by atoms with Crippen molar-refractivity contribution in [1.82, 2.24) is 34.5 Å². The van der Waals surface area contributed by atoms with Crippen LogP contribution in [0.5, 0.6) is 0 Å². The number of hydrogen-bond acceptors (Lipinski definition) is 5. The van der Waals surface area contributed by atoms with Gasteiger partial charge in [0.25, 0.3) is 0 Å². The quantitative estimate of drug-likeness (QED) is 0.149. The molecule has 0 amide bonds. The molecule has 2 radical (unpaired) electrons. The average molecular weight is 2120 g/mol. The smallest absolute Gasteiger partial charge is 0.296 e. The predicted octanol–water partition coefficient (Wildman–Crippen LogP) is 27.0. The van der Waals surface area contributed by atoms with Crippen LogP contribution in [-0.2, 0) is 87.4 Å². The third-order valence-corrected chi connectivity index (χ3v) is 23.5. The van der Waals surface area contributed by atoms with Gasteiger partial charge in [0.05, 0.1) is 16.6 Å². The molecular weight excluding hydrogens is 2030 g/mol. The van der Waals surface area contributed by atoms with Crippen molar-refractivity contribution in [3.8, 4) is 78.5 Å². The molecular formula is C113H90Ir3N7-2. The Bertz CT molecular complexity index is 6460. The van der Waals surface area contributed by atoms with Crippen molar-refractivity contribution in [2.45, 2.75) is 89.4 Å². The maximum Gasteiger partial charge on any atom is 3.00 e. The van der Waals surface area contributed by atoms with E-state index in [4.69, 9.17) is 15.0 Å². The fourth-order valence-electron chi connectivity index (χ4n) is 17.3. The van der Waals surface area contributed by atoms with Crippen LogP contribution in [0.25, 0.3) is 111 Å². The second-order valence-corrected chi connectivity index (χ2v) is 34.0. The van der Waals surface area contributed by atoms with E-state index in [1.165, 1.54) is 111 Å². The summed E-state index contributed by atoms with van der Waals surface area (Å²) in [7, 11) is 0. The molecule has 0 saturated heterocycles. The summed E-state index contributed by atoms with van der Waals surface area (Å²) in [4.78, 5) is 14.1. The summed E-state index contributed by atoms with van der Waals surface area (Å²) in [5.74, 6) is 0. The van der Waals surface area contributed by atoms with E-state index in [-0.39, 0.29) is 87.4 Å². The molecule has 0 fully saturated rings. The number of benzene rings is 14. The zero-order valence-electron chi connectivity index (χ0n) is 70.0. The first kappa shape index (κ1) is 85.6.